The number of rotatable bonds is 5. The Kier molecular flexibility index (Phi) is 5.57. The summed E-state index contributed by atoms with van der Waals surface area (Å²) in [4.78, 5) is 29.2. The van der Waals surface area contributed by atoms with E-state index in [4.69, 9.17) is 10.5 Å². The van der Waals surface area contributed by atoms with Crippen LogP contribution in [0.25, 0.3) is 0 Å². The number of pyridine rings is 1. The summed E-state index contributed by atoms with van der Waals surface area (Å²) >= 11 is 0. The monoisotopic (exact) mass is 306 g/mol. The number of nitrogens with one attached hydrogen (secondary N) is 1. The fourth-order valence-electron chi connectivity index (χ4n) is 2.65. The first-order valence-electron chi connectivity index (χ1n) is 7.39. The quantitative estimate of drug-likeness (QED) is 0.844. The number of hydrogen-bond donors (Lipinski definition) is 2. The van der Waals surface area contributed by atoms with Gasteiger partial charge in [-0.05, 0) is 24.8 Å². The van der Waals surface area contributed by atoms with Gasteiger partial charge in [0, 0.05) is 25.6 Å². The van der Waals surface area contributed by atoms with Gasteiger partial charge in [0.2, 0.25) is 11.8 Å². The molecule has 22 heavy (non-hydrogen) atoms. The molecule has 0 saturated carbocycles. The Bertz CT molecular complexity index is 535. The fraction of sp³-hybridized carbons (Fsp3) is 0.533. The van der Waals surface area contributed by atoms with E-state index in [1.54, 1.807) is 18.1 Å². The number of piperidine rings is 1. The van der Waals surface area contributed by atoms with Crippen molar-refractivity contribution in [2.75, 3.05) is 20.2 Å². The second-order valence-electron chi connectivity index (χ2n) is 5.45. The summed E-state index contributed by atoms with van der Waals surface area (Å²) in [6.07, 6.45) is 2.16. The number of carbonyl (C=O) groups is 2. The standard InChI is InChI=1S/C15H22N4O3/c1-22-14-6-2-5-12(18-14)9-17-15(21)19-7-3-4-11(10-19)8-13(16)20/h2,5-6,11H,3-4,7-10H2,1H3,(H2,16,20)(H,17,21). The Morgan fingerprint density at radius 3 is 3.05 bits per heavy atom. The molecule has 2 heterocycles. The number of amides is 3. The molecule has 1 saturated heterocycles. The first-order valence-corrected chi connectivity index (χ1v) is 7.39. The lowest BCUT2D eigenvalue weighted by Crippen LogP contribution is -2.45. The average Bonchev–Trinajstić information content (AvgIpc) is 2.52. The van der Waals surface area contributed by atoms with Gasteiger partial charge in [-0.1, -0.05) is 6.07 Å². The summed E-state index contributed by atoms with van der Waals surface area (Å²) in [5, 5.41) is 2.85. The summed E-state index contributed by atoms with van der Waals surface area (Å²) in [7, 11) is 1.55. The van der Waals surface area contributed by atoms with Gasteiger partial charge >= 0.3 is 6.03 Å². The molecule has 0 aliphatic carbocycles. The van der Waals surface area contributed by atoms with E-state index in [-0.39, 0.29) is 17.9 Å². The maximum absolute atomic E-state index is 12.2. The molecule has 1 unspecified atom stereocenters. The van der Waals surface area contributed by atoms with E-state index < -0.39 is 0 Å². The predicted molar refractivity (Wildman–Crippen MR) is 81.1 cm³/mol. The van der Waals surface area contributed by atoms with Crippen molar-refractivity contribution >= 4 is 11.9 Å². The number of nitrogens with two attached hydrogens (primary N) is 1. The Morgan fingerprint density at radius 1 is 1.50 bits per heavy atom. The molecule has 7 nitrogen and oxygen atoms in total. The van der Waals surface area contributed by atoms with Crippen molar-refractivity contribution in [2.45, 2.75) is 25.8 Å². The highest BCUT2D eigenvalue weighted by molar-refractivity contribution is 5.75. The van der Waals surface area contributed by atoms with Gasteiger partial charge in [0.05, 0.1) is 19.3 Å². The highest BCUT2D eigenvalue weighted by Gasteiger charge is 2.24. The van der Waals surface area contributed by atoms with Crippen LogP contribution in [0.2, 0.25) is 0 Å². The lowest BCUT2D eigenvalue weighted by Gasteiger charge is -2.32. The Hall–Kier alpha value is -2.31. The van der Waals surface area contributed by atoms with Crippen molar-refractivity contribution < 1.29 is 14.3 Å². The van der Waals surface area contributed by atoms with E-state index in [2.05, 4.69) is 10.3 Å². The zero-order chi connectivity index (χ0) is 15.9. The minimum atomic E-state index is -0.312. The van der Waals surface area contributed by atoms with Crippen LogP contribution in [0.5, 0.6) is 5.88 Å². The van der Waals surface area contributed by atoms with Gasteiger partial charge in [-0.25, -0.2) is 9.78 Å². The van der Waals surface area contributed by atoms with Crippen LogP contribution in [0.15, 0.2) is 18.2 Å². The molecule has 0 aromatic carbocycles. The molecule has 0 spiro atoms. The third-order valence-electron chi connectivity index (χ3n) is 3.71. The summed E-state index contributed by atoms with van der Waals surface area (Å²) in [5.41, 5.74) is 5.96. The van der Waals surface area contributed by atoms with Crippen LogP contribution >= 0.6 is 0 Å². The van der Waals surface area contributed by atoms with Gasteiger partial charge in [-0.2, -0.15) is 0 Å². The first-order chi connectivity index (χ1) is 10.6. The summed E-state index contributed by atoms with van der Waals surface area (Å²) in [6.45, 7) is 1.61. The number of urea groups is 1. The lowest BCUT2D eigenvalue weighted by atomic mass is 9.95. The molecule has 1 aromatic rings. The van der Waals surface area contributed by atoms with Crippen LogP contribution < -0.4 is 15.8 Å². The van der Waals surface area contributed by atoms with Crippen LogP contribution in [0, 0.1) is 5.92 Å². The summed E-state index contributed by atoms with van der Waals surface area (Å²) in [6, 6.07) is 5.27. The van der Waals surface area contributed by atoms with E-state index in [0.29, 0.717) is 31.9 Å². The van der Waals surface area contributed by atoms with Crippen molar-refractivity contribution in [3.63, 3.8) is 0 Å². The fourth-order valence-corrected chi connectivity index (χ4v) is 2.65. The number of carbonyl (C=O) groups excluding carboxylic acids is 2. The Balaban J connectivity index is 1.84. The van der Waals surface area contributed by atoms with Gasteiger partial charge < -0.3 is 20.7 Å². The van der Waals surface area contributed by atoms with E-state index in [1.807, 2.05) is 12.1 Å². The molecule has 1 aliphatic rings. The molecule has 0 radical (unpaired) electrons. The van der Waals surface area contributed by atoms with Crippen molar-refractivity contribution in [3.05, 3.63) is 23.9 Å². The first kappa shape index (κ1) is 16.1. The third kappa shape index (κ3) is 4.61. The zero-order valence-corrected chi connectivity index (χ0v) is 12.7. The molecule has 3 amide bonds. The molecule has 3 N–H and O–H groups in total. The van der Waals surface area contributed by atoms with Crippen LogP contribution in [0.4, 0.5) is 4.79 Å². The maximum Gasteiger partial charge on any atom is 0.317 e. The second kappa shape index (κ2) is 7.63. The number of hydrogen-bond acceptors (Lipinski definition) is 4. The highest BCUT2D eigenvalue weighted by Crippen LogP contribution is 2.19. The predicted octanol–water partition coefficient (Wildman–Crippen LogP) is 0.887. The van der Waals surface area contributed by atoms with Crippen LogP contribution in [-0.4, -0.2) is 42.0 Å². The molecule has 2 rings (SSSR count). The van der Waals surface area contributed by atoms with Gasteiger partial charge in [0.1, 0.15) is 0 Å². The molecule has 1 atom stereocenters. The molecular formula is C15H22N4O3. The van der Waals surface area contributed by atoms with Crippen molar-refractivity contribution in [2.24, 2.45) is 11.7 Å². The lowest BCUT2D eigenvalue weighted by molar-refractivity contribution is -0.119. The number of ether oxygens (including phenoxy) is 1. The number of nitrogens with zero attached hydrogens (tertiary/aromatic N) is 2. The van der Waals surface area contributed by atoms with Crippen molar-refractivity contribution in [1.82, 2.24) is 15.2 Å². The largest absolute Gasteiger partial charge is 0.481 e. The topological polar surface area (TPSA) is 97.5 Å². The van der Waals surface area contributed by atoms with E-state index in [9.17, 15) is 9.59 Å². The minimum Gasteiger partial charge on any atom is -0.481 e. The van der Waals surface area contributed by atoms with Crippen LogP contribution in [-0.2, 0) is 11.3 Å². The molecule has 0 bridgehead atoms. The maximum atomic E-state index is 12.2. The van der Waals surface area contributed by atoms with E-state index in [0.717, 1.165) is 18.5 Å². The smallest absolute Gasteiger partial charge is 0.317 e. The van der Waals surface area contributed by atoms with Gasteiger partial charge in [-0.15, -0.1) is 0 Å². The second-order valence-corrected chi connectivity index (χ2v) is 5.45. The molecule has 1 fully saturated rings. The minimum absolute atomic E-state index is 0.140. The van der Waals surface area contributed by atoms with Gasteiger partial charge in [0.25, 0.3) is 0 Å². The number of likely N-dealkylation sites (tertiary alicyclic amines) is 1. The zero-order valence-electron chi connectivity index (χ0n) is 12.7. The molecule has 1 aromatic heterocycles. The van der Waals surface area contributed by atoms with Gasteiger partial charge in [0.15, 0.2) is 0 Å². The number of primary amides is 1. The Morgan fingerprint density at radius 2 is 2.32 bits per heavy atom. The molecular weight excluding hydrogens is 284 g/mol. The van der Waals surface area contributed by atoms with E-state index >= 15 is 0 Å². The highest BCUT2D eigenvalue weighted by atomic mass is 16.5. The van der Waals surface area contributed by atoms with E-state index in [1.165, 1.54) is 0 Å². The summed E-state index contributed by atoms with van der Waals surface area (Å²) in [5.74, 6) is 0.367. The number of methoxy groups -OCH3 is 1. The average molecular weight is 306 g/mol. The summed E-state index contributed by atoms with van der Waals surface area (Å²) < 4.78 is 5.05. The molecule has 7 heteroatoms. The number of aromatic nitrogens is 1. The van der Waals surface area contributed by atoms with Crippen LogP contribution in [0.1, 0.15) is 25.0 Å². The van der Waals surface area contributed by atoms with Crippen molar-refractivity contribution in [1.29, 1.82) is 0 Å². The molecule has 1 aliphatic heterocycles. The normalized spacial score (nSPS) is 17.9. The van der Waals surface area contributed by atoms with Crippen molar-refractivity contribution in [3.8, 4) is 5.88 Å². The Labute approximate surface area is 129 Å². The van der Waals surface area contributed by atoms with Gasteiger partial charge in [-0.3, -0.25) is 4.79 Å². The SMILES string of the molecule is COc1cccc(CNC(=O)N2CCCC(CC(N)=O)C2)n1. The van der Waals surface area contributed by atoms with Crippen LogP contribution in [0.3, 0.4) is 0 Å². The molecule has 120 valence electrons. The third-order valence-corrected chi connectivity index (χ3v) is 3.71.